The van der Waals surface area contributed by atoms with Gasteiger partial charge in [-0.1, -0.05) is 30.3 Å². The molecule has 1 aromatic heterocycles. The van der Waals surface area contributed by atoms with Gasteiger partial charge in [-0.25, -0.2) is 9.37 Å². The number of nitrogens with one attached hydrogen (secondary N) is 1. The zero-order valence-electron chi connectivity index (χ0n) is 15.6. The topological polar surface area (TPSA) is 61.9 Å². The van der Waals surface area contributed by atoms with Crippen LogP contribution in [0.4, 0.5) is 4.39 Å². The normalized spacial score (nSPS) is 16.9. The molecular weight excluding hydrogens is 355 g/mol. The summed E-state index contributed by atoms with van der Waals surface area (Å²) in [5.41, 5.74) is 2.57. The second-order valence-corrected chi connectivity index (χ2v) is 7.30. The predicted octanol–water partition coefficient (Wildman–Crippen LogP) is 4.10. The van der Waals surface area contributed by atoms with Crippen molar-refractivity contribution in [1.29, 1.82) is 0 Å². The molecule has 1 N–H and O–H groups in total. The van der Waals surface area contributed by atoms with Crippen LogP contribution in [0.3, 0.4) is 0 Å². The Morgan fingerprint density at radius 2 is 2.00 bits per heavy atom. The third-order valence-electron chi connectivity index (χ3n) is 5.39. The van der Waals surface area contributed by atoms with Crippen LogP contribution in [-0.4, -0.2) is 39.1 Å². The first-order chi connectivity index (χ1) is 13.7. The number of amides is 1. The smallest absolute Gasteiger partial charge is 0.254 e. The molecule has 0 bridgehead atoms. The summed E-state index contributed by atoms with van der Waals surface area (Å²) in [6, 6.07) is 14.2. The summed E-state index contributed by atoms with van der Waals surface area (Å²) in [6.45, 7) is 1.53. The Bertz CT molecular complexity index is 924. The summed E-state index contributed by atoms with van der Waals surface area (Å²) < 4.78 is 13.1. The van der Waals surface area contributed by atoms with E-state index in [1.165, 1.54) is 18.5 Å². The number of aryl methyl sites for hydroxylation is 1. The van der Waals surface area contributed by atoms with Gasteiger partial charge in [0, 0.05) is 18.7 Å². The van der Waals surface area contributed by atoms with Crippen molar-refractivity contribution in [2.75, 3.05) is 13.1 Å². The average molecular weight is 378 g/mol. The largest absolute Gasteiger partial charge is 0.338 e. The second-order valence-electron chi connectivity index (χ2n) is 7.30. The minimum atomic E-state index is -0.205. The molecule has 5 nitrogen and oxygen atoms in total. The van der Waals surface area contributed by atoms with Crippen LogP contribution in [-0.2, 0) is 6.42 Å². The fraction of sp³-hybridized carbons (Fsp3) is 0.318. The van der Waals surface area contributed by atoms with Crippen molar-refractivity contribution in [3.63, 3.8) is 0 Å². The van der Waals surface area contributed by atoms with E-state index >= 15 is 0 Å². The summed E-state index contributed by atoms with van der Waals surface area (Å²) in [4.78, 5) is 19.3. The number of carbonyl (C=O) groups excluding carboxylic acids is 1. The lowest BCUT2D eigenvalue weighted by molar-refractivity contribution is 0.0669. The molecule has 2 aromatic carbocycles. The summed E-state index contributed by atoms with van der Waals surface area (Å²) in [6.07, 6.45) is 5.47. The van der Waals surface area contributed by atoms with Crippen LogP contribution in [0.25, 0.3) is 11.4 Å². The standard InChI is InChI=1S/C22H23FN4O/c23-18-11-9-16(10-12-18)7-8-17-4-3-13-27(14-17)22(28)20-6-2-1-5-19(20)21-24-15-25-26-21/h1-2,5-6,9-12,15,17H,3-4,7-8,13-14H2,(H,24,25,26). The van der Waals surface area contributed by atoms with Crippen molar-refractivity contribution >= 4 is 5.91 Å². The van der Waals surface area contributed by atoms with Gasteiger partial charge in [-0.05, 0) is 55.4 Å². The van der Waals surface area contributed by atoms with Gasteiger partial charge in [0.15, 0.2) is 5.82 Å². The summed E-state index contributed by atoms with van der Waals surface area (Å²) in [7, 11) is 0. The molecule has 3 aromatic rings. The van der Waals surface area contributed by atoms with Crippen molar-refractivity contribution < 1.29 is 9.18 Å². The van der Waals surface area contributed by atoms with E-state index in [1.54, 1.807) is 0 Å². The highest BCUT2D eigenvalue weighted by atomic mass is 19.1. The van der Waals surface area contributed by atoms with E-state index < -0.39 is 0 Å². The number of piperidine rings is 1. The van der Waals surface area contributed by atoms with Crippen LogP contribution in [0.5, 0.6) is 0 Å². The number of hydrogen-bond donors (Lipinski definition) is 1. The number of halogens is 1. The Balaban J connectivity index is 1.43. The minimum Gasteiger partial charge on any atom is -0.338 e. The summed E-state index contributed by atoms with van der Waals surface area (Å²) >= 11 is 0. The number of carbonyl (C=O) groups is 1. The number of benzene rings is 2. The molecule has 1 aliphatic rings. The van der Waals surface area contributed by atoms with Crippen molar-refractivity contribution in [3.05, 3.63) is 71.8 Å². The van der Waals surface area contributed by atoms with Crippen LogP contribution in [0, 0.1) is 11.7 Å². The van der Waals surface area contributed by atoms with Gasteiger partial charge < -0.3 is 4.90 Å². The van der Waals surface area contributed by atoms with Gasteiger partial charge in [0.05, 0.1) is 5.56 Å². The maximum Gasteiger partial charge on any atom is 0.254 e. The number of aromatic nitrogens is 3. The van der Waals surface area contributed by atoms with Crippen molar-refractivity contribution in [1.82, 2.24) is 20.1 Å². The van der Waals surface area contributed by atoms with E-state index in [0.29, 0.717) is 17.3 Å². The number of rotatable bonds is 5. The number of hydrogen-bond acceptors (Lipinski definition) is 3. The molecule has 0 saturated carbocycles. The van der Waals surface area contributed by atoms with Gasteiger partial charge in [-0.2, -0.15) is 5.10 Å². The zero-order chi connectivity index (χ0) is 19.3. The summed E-state index contributed by atoms with van der Waals surface area (Å²) in [5.74, 6) is 0.899. The Morgan fingerprint density at radius 1 is 1.18 bits per heavy atom. The van der Waals surface area contributed by atoms with Gasteiger partial charge >= 0.3 is 0 Å². The Kier molecular flexibility index (Phi) is 5.46. The first-order valence-electron chi connectivity index (χ1n) is 9.69. The lowest BCUT2D eigenvalue weighted by atomic mass is 9.91. The number of likely N-dealkylation sites (tertiary alicyclic amines) is 1. The van der Waals surface area contributed by atoms with Crippen molar-refractivity contribution in [2.45, 2.75) is 25.7 Å². The monoisotopic (exact) mass is 378 g/mol. The van der Waals surface area contributed by atoms with Crippen molar-refractivity contribution in [2.24, 2.45) is 5.92 Å². The third kappa shape index (κ3) is 4.11. The van der Waals surface area contributed by atoms with Crippen molar-refractivity contribution in [3.8, 4) is 11.4 Å². The van der Waals surface area contributed by atoms with Crippen LogP contribution >= 0.6 is 0 Å². The molecule has 0 radical (unpaired) electrons. The van der Waals surface area contributed by atoms with Crippen LogP contribution in [0.2, 0.25) is 0 Å². The molecule has 0 spiro atoms. The van der Waals surface area contributed by atoms with Crippen LogP contribution in [0.1, 0.15) is 35.2 Å². The highest BCUT2D eigenvalue weighted by molar-refractivity contribution is 6.00. The van der Waals surface area contributed by atoms with E-state index in [9.17, 15) is 9.18 Å². The second kappa shape index (κ2) is 8.33. The fourth-order valence-electron chi connectivity index (χ4n) is 3.89. The van der Waals surface area contributed by atoms with E-state index in [1.807, 2.05) is 41.3 Å². The minimum absolute atomic E-state index is 0.0403. The zero-order valence-corrected chi connectivity index (χ0v) is 15.6. The third-order valence-corrected chi connectivity index (χ3v) is 5.39. The van der Waals surface area contributed by atoms with E-state index in [0.717, 1.165) is 49.9 Å². The first-order valence-corrected chi connectivity index (χ1v) is 9.69. The number of aromatic amines is 1. The lowest BCUT2D eigenvalue weighted by Gasteiger charge is -2.33. The van der Waals surface area contributed by atoms with E-state index in [2.05, 4.69) is 15.2 Å². The summed E-state index contributed by atoms with van der Waals surface area (Å²) in [5, 5.41) is 6.74. The quantitative estimate of drug-likeness (QED) is 0.727. The Morgan fingerprint density at radius 3 is 2.79 bits per heavy atom. The maximum atomic E-state index is 13.2. The lowest BCUT2D eigenvalue weighted by Crippen LogP contribution is -2.40. The molecule has 1 fully saturated rings. The highest BCUT2D eigenvalue weighted by Crippen LogP contribution is 2.26. The predicted molar refractivity (Wildman–Crippen MR) is 105 cm³/mol. The number of H-pyrrole nitrogens is 1. The molecule has 1 unspecified atom stereocenters. The van der Waals surface area contributed by atoms with Gasteiger partial charge in [-0.3, -0.25) is 9.89 Å². The van der Waals surface area contributed by atoms with E-state index in [4.69, 9.17) is 0 Å². The van der Waals surface area contributed by atoms with Crippen LogP contribution < -0.4 is 0 Å². The maximum absolute atomic E-state index is 13.2. The SMILES string of the molecule is O=C(c1ccccc1-c1ncn[nH]1)N1CCCC(CCc2ccc(F)cc2)C1. The van der Waals surface area contributed by atoms with Gasteiger partial charge in [0.1, 0.15) is 12.1 Å². The first kappa shape index (κ1) is 18.3. The number of nitrogens with zero attached hydrogens (tertiary/aromatic N) is 3. The molecule has 2 heterocycles. The van der Waals surface area contributed by atoms with Gasteiger partial charge in [0.2, 0.25) is 0 Å². The molecule has 0 aliphatic carbocycles. The van der Waals surface area contributed by atoms with Gasteiger partial charge in [-0.15, -0.1) is 0 Å². The molecule has 4 rings (SSSR count). The van der Waals surface area contributed by atoms with Gasteiger partial charge in [0.25, 0.3) is 5.91 Å². The fourth-order valence-corrected chi connectivity index (χ4v) is 3.89. The molecule has 1 saturated heterocycles. The molecule has 6 heteroatoms. The van der Waals surface area contributed by atoms with Crippen LogP contribution in [0.15, 0.2) is 54.9 Å². The molecule has 1 atom stereocenters. The Hall–Kier alpha value is -3.02. The molecule has 28 heavy (non-hydrogen) atoms. The van der Waals surface area contributed by atoms with E-state index in [-0.39, 0.29) is 11.7 Å². The molecule has 1 amide bonds. The average Bonchev–Trinajstić information content (AvgIpc) is 3.28. The molecule has 144 valence electrons. The molecular formula is C22H23FN4O. The highest BCUT2D eigenvalue weighted by Gasteiger charge is 2.26. The molecule has 1 aliphatic heterocycles. The Labute approximate surface area is 163 Å².